The molecule has 1 amide bonds. The van der Waals surface area contributed by atoms with Crippen LogP contribution in [0.3, 0.4) is 0 Å². The van der Waals surface area contributed by atoms with E-state index in [-0.39, 0.29) is 17.5 Å². The molecule has 1 aliphatic carbocycles. The highest BCUT2D eigenvalue weighted by Gasteiger charge is 2.32. The van der Waals surface area contributed by atoms with Crippen molar-refractivity contribution >= 4 is 17.2 Å². The van der Waals surface area contributed by atoms with Crippen LogP contribution in [0.1, 0.15) is 65.3 Å². The Hall–Kier alpha value is -1.88. The van der Waals surface area contributed by atoms with Crippen molar-refractivity contribution < 1.29 is 4.79 Å². The van der Waals surface area contributed by atoms with E-state index >= 15 is 0 Å². The largest absolute Gasteiger partial charge is 0.331 e. The van der Waals surface area contributed by atoms with Crippen molar-refractivity contribution in [1.82, 2.24) is 9.88 Å². The fourth-order valence-electron chi connectivity index (χ4n) is 3.99. The van der Waals surface area contributed by atoms with Gasteiger partial charge < -0.3 is 9.88 Å². The zero-order valence-corrected chi connectivity index (χ0v) is 14.5. The number of likely N-dealkylation sites (tertiary alicyclic amines) is 1. The number of carbonyl (C=O) groups excluding carboxylic acids is 1. The molecule has 1 atom stereocenters. The number of thiophene rings is 1. The van der Waals surface area contributed by atoms with Crippen LogP contribution in [0, 0.1) is 0 Å². The Morgan fingerprint density at radius 3 is 2.92 bits per heavy atom. The SMILES string of the molecule is O=C(c1cc2c([nH]c1=O)CCCCC2)N1CCCC1c1ccsc1. The van der Waals surface area contributed by atoms with E-state index in [1.165, 1.54) is 12.0 Å². The third kappa shape index (κ3) is 2.81. The molecule has 4 rings (SSSR count). The normalized spacial score (nSPS) is 20.7. The van der Waals surface area contributed by atoms with Crippen molar-refractivity contribution in [3.05, 3.63) is 55.6 Å². The third-order valence-electron chi connectivity index (χ3n) is 5.26. The van der Waals surface area contributed by atoms with Crippen LogP contribution >= 0.6 is 11.3 Å². The van der Waals surface area contributed by atoms with Crippen LogP contribution in [0.15, 0.2) is 27.7 Å². The Morgan fingerprint density at radius 1 is 1.21 bits per heavy atom. The van der Waals surface area contributed by atoms with Gasteiger partial charge in [-0.3, -0.25) is 9.59 Å². The summed E-state index contributed by atoms with van der Waals surface area (Å²) in [7, 11) is 0. The summed E-state index contributed by atoms with van der Waals surface area (Å²) < 4.78 is 0. The van der Waals surface area contributed by atoms with E-state index in [0.717, 1.165) is 56.3 Å². The van der Waals surface area contributed by atoms with Gasteiger partial charge in [0.1, 0.15) is 5.56 Å². The van der Waals surface area contributed by atoms with Gasteiger partial charge in [-0.05, 0) is 72.5 Å². The smallest absolute Gasteiger partial charge is 0.261 e. The molecule has 0 bridgehead atoms. The van der Waals surface area contributed by atoms with E-state index in [2.05, 4.69) is 16.4 Å². The van der Waals surface area contributed by atoms with Gasteiger partial charge in [-0.1, -0.05) is 6.42 Å². The molecular weight excluding hydrogens is 320 g/mol. The molecule has 1 unspecified atom stereocenters. The van der Waals surface area contributed by atoms with Crippen molar-refractivity contribution in [3.63, 3.8) is 0 Å². The number of fused-ring (bicyclic) bond motifs is 1. The van der Waals surface area contributed by atoms with Crippen molar-refractivity contribution in [2.75, 3.05) is 6.54 Å². The number of H-pyrrole nitrogens is 1. The summed E-state index contributed by atoms with van der Waals surface area (Å²) in [6.07, 6.45) is 7.28. The Labute approximate surface area is 145 Å². The summed E-state index contributed by atoms with van der Waals surface area (Å²) in [5.74, 6) is -0.114. The van der Waals surface area contributed by atoms with Crippen LogP contribution in [-0.2, 0) is 12.8 Å². The number of carbonyl (C=O) groups is 1. The second-order valence-corrected chi connectivity index (χ2v) is 7.57. The predicted molar refractivity (Wildman–Crippen MR) is 95.7 cm³/mol. The standard InChI is InChI=1S/C19H22N2O2S/c22-18-15(11-13-5-2-1-3-6-16(13)20-18)19(23)21-9-4-7-17(21)14-8-10-24-12-14/h8,10-12,17H,1-7,9H2,(H,20,22). The molecule has 1 saturated heterocycles. The van der Waals surface area contributed by atoms with Gasteiger partial charge >= 0.3 is 0 Å². The molecule has 4 nitrogen and oxygen atoms in total. The first-order chi connectivity index (χ1) is 11.7. The number of nitrogens with zero attached hydrogens (tertiary/aromatic N) is 1. The van der Waals surface area contributed by atoms with Crippen LogP contribution in [-0.4, -0.2) is 22.3 Å². The first-order valence-electron chi connectivity index (χ1n) is 8.82. The summed E-state index contributed by atoms with van der Waals surface area (Å²) in [5, 5.41) is 4.16. The van der Waals surface area contributed by atoms with Crippen LogP contribution in [0.5, 0.6) is 0 Å². The fraction of sp³-hybridized carbons (Fsp3) is 0.474. The molecule has 2 aromatic heterocycles. The summed E-state index contributed by atoms with van der Waals surface area (Å²) >= 11 is 1.65. The third-order valence-corrected chi connectivity index (χ3v) is 5.96. The molecule has 0 aromatic carbocycles. The van der Waals surface area contributed by atoms with Crippen LogP contribution in [0.4, 0.5) is 0 Å². The number of aryl methyl sites for hydroxylation is 2. The zero-order chi connectivity index (χ0) is 16.5. The van der Waals surface area contributed by atoms with Gasteiger partial charge in [0.25, 0.3) is 11.5 Å². The molecule has 126 valence electrons. The molecule has 1 fully saturated rings. The Bertz CT molecular complexity index is 794. The minimum absolute atomic E-state index is 0.113. The maximum absolute atomic E-state index is 13.1. The first-order valence-corrected chi connectivity index (χ1v) is 9.76. The van der Waals surface area contributed by atoms with Gasteiger partial charge in [0.05, 0.1) is 6.04 Å². The molecule has 0 saturated carbocycles. The van der Waals surface area contributed by atoms with Crippen molar-refractivity contribution in [2.24, 2.45) is 0 Å². The topological polar surface area (TPSA) is 53.2 Å². The second-order valence-electron chi connectivity index (χ2n) is 6.79. The summed E-state index contributed by atoms with van der Waals surface area (Å²) in [5.41, 5.74) is 3.47. The maximum atomic E-state index is 13.1. The molecular formula is C19H22N2O2S. The maximum Gasteiger partial charge on any atom is 0.261 e. The van der Waals surface area contributed by atoms with Crippen LogP contribution in [0.2, 0.25) is 0 Å². The zero-order valence-electron chi connectivity index (χ0n) is 13.7. The molecule has 1 aliphatic heterocycles. The van der Waals surface area contributed by atoms with Gasteiger partial charge in [-0.15, -0.1) is 0 Å². The van der Waals surface area contributed by atoms with Gasteiger partial charge in [0.2, 0.25) is 0 Å². The lowest BCUT2D eigenvalue weighted by Crippen LogP contribution is -2.34. The highest BCUT2D eigenvalue weighted by molar-refractivity contribution is 7.08. The number of aromatic nitrogens is 1. The van der Waals surface area contributed by atoms with E-state index in [9.17, 15) is 9.59 Å². The van der Waals surface area contributed by atoms with Crippen molar-refractivity contribution in [1.29, 1.82) is 0 Å². The first kappa shape index (κ1) is 15.6. The molecule has 0 radical (unpaired) electrons. The summed E-state index contributed by atoms with van der Waals surface area (Å²) in [6.45, 7) is 0.732. The molecule has 2 aliphatic rings. The number of aromatic amines is 1. The van der Waals surface area contributed by atoms with Gasteiger partial charge in [-0.25, -0.2) is 0 Å². The molecule has 5 heteroatoms. The highest BCUT2D eigenvalue weighted by Crippen LogP contribution is 2.34. The summed E-state index contributed by atoms with van der Waals surface area (Å²) in [6, 6.07) is 4.06. The van der Waals surface area contributed by atoms with Gasteiger partial charge in [0.15, 0.2) is 0 Å². The minimum atomic E-state index is -0.225. The highest BCUT2D eigenvalue weighted by atomic mass is 32.1. The van der Waals surface area contributed by atoms with E-state index in [1.54, 1.807) is 11.3 Å². The van der Waals surface area contributed by atoms with Gasteiger partial charge in [-0.2, -0.15) is 11.3 Å². The van der Waals surface area contributed by atoms with Crippen LogP contribution in [0.25, 0.3) is 0 Å². The predicted octanol–water partition coefficient (Wildman–Crippen LogP) is 3.68. The number of nitrogens with one attached hydrogen (secondary N) is 1. The Balaban J connectivity index is 1.67. The van der Waals surface area contributed by atoms with Crippen molar-refractivity contribution in [2.45, 2.75) is 51.0 Å². The van der Waals surface area contributed by atoms with Crippen molar-refractivity contribution in [3.8, 4) is 0 Å². The lowest BCUT2D eigenvalue weighted by atomic mass is 10.0. The number of pyridine rings is 1. The lowest BCUT2D eigenvalue weighted by Gasteiger charge is -2.24. The molecule has 1 N–H and O–H groups in total. The van der Waals surface area contributed by atoms with E-state index in [0.29, 0.717) is 5.56 Å². The van der Waals surface area contributed by atoms with Crippen LogP contribution < -0.4 is 5.56 Å². The molecule has 0 spiro atoms. The van der Waals surface area contributed by atoms with Gasteiger partial charge in [0, 0.05) is 12.2 Å². The number of hydrogen-bond donors (Lipinski definition) is 1. The monoisotopic (exact) mass is 342 g/mol. The minimum Gasteiger partial charge on any atom is -0.331 e. The van der Waals surface area contributed by atoms with E-state index in [1.807, 2.05) is 16.3 Å². The van der Waals surface area contributed by atoms with E-state index in [4.69, 9.17) is 0 Å². The quantitative estimate of drug-likeness (QED) is 0.847. The molecule has 3 heterocycles. The number of amides is 1. The second kappa shape index (κ2) is 6.55. The Kier molecular flexibility index (Phi) is 4.27. The average molecular weight is 342 g/mol. The lowest BCUT2D eigenvalue weighted by molar-refractivity contribution is 0.0734. The number of hydrogen-bond acceptors (Lipinski definition) is 3. The molecule has 24 heavy (non-hydrogen) atoms. The molecule has 2 aromatic rings. The number of rotatable bonds is 2. The Morgan fingerprint density at radius 2 is 2.08 bits per heavy atom. The van der Waals surface area contributed by atoms with E-state index < -0.39 is 0 Å². The fourth-order valence-corrected chi connectivity index (χ4v) is 4.69. The summed E-state index contributed by atoms with van der Waals surface area (Å²) in [4.78, 5) is 30.4. The average Bonchev–Trinajstić information content (AvgIpc) is 3.21.